The molecule has 2 aromatic rings. The van der Waals surface area contributed by atoms with E-state index in [9.17, 15) is 13.2 Å². The van der Waals surface area contributed by atoms with Gasteiger partial charge in [0, 0.05) is 18.8 Å². The zero-order valence-corrected chi connectivity index (χ0v) is 18.1. The van der Waals surface area contributed by atoms with E-state index >= 15 is 0 Å². The summed E-state index contributed by atoms with van der Waals surface area (Å²) in [5.74, 6) is 0.145. The fourth-order valence-corrected chi connectivity index (χ4v) is 4.67. The standard InChI is InChI=1S/C20H24ClN3O5S/c1-2-29-20-17(21)7-4-8-18(20)22-14-19(25)23-15-5-3-6-16(13-15)30(26,27)24-9-11-28-12-10-24/h3-8,13,22H,2,9-12,14H2,1H3,(H,23,25). The molecule has 1 saturated heterocycles. The van der Waals surface area contributed by atoms with Crippen molar-refractivity contribution in [3.63, 3.8) is 0 Å². The summed E-state index contributed by atoms with van der Waals surface area (Å²) in [6, 6.07) is 11.4. The molecule has 0 aliphatic carbocycles. The van der Waals surface area contributed by atoms with Crippen molar-refractivity contribution in [1.82, 2.24) is 4.31 Å². The van der Waals surface area contributed by atoms with Crippen LogP contribution in [-0.2, 0) is 19.6 Å². The maximum Gasteiger partial charge on any atom is 0.243 e. The number of ether oxygens (including phenoxy) is 2. The van der Waals surface area contributed by atoms with E-state index in [1.807, 2.05) is 6.92 Å². The summed E-state index contributed by atoms with van der Waals surface area (Å²) in [5, 5.41) is 6.15. The number of carbonyl (C=O) groups is 1. The molecule has 2 N–H and O–H groups in total. The molecule has 0 aromatic heterocycles. The number of amides is 1. The molecule has 10 heteroatoms. The minimum Gasteiger partial charge on any atom is -0.490 e. The quantitative estimate of drug-likeness (QED) is 0.638. The number of hydrogen-bond acceptors (Lipinski definition) is 6. The fraction of sp³-hybridized carbons (Fsp3) is 0.350. The Bertz CT molecular complexity index is 994. The van der Waals surface area contributed by atoms with E-state index in [1.54, 1.807) is 30.3 Å². The highest BCUT2D eigenvalue weighted by atomic mass is 35.5. The van der Waals surface area contributed by atoms with E-state index in [-0.39, 0.29) is 17.3 Å². The van der Waals surface area contributed by atoms with Gasteiger partial charge in [-0.05, 0) is 37.3 Å². The smallest absolute Gasteiger partial charge is 0.243 e. The van der Waals surface area contributed by atoms with Crippen molar-refractivity contribution in [2.24, 2.45) is 0 Å². The van der Waals surface area contributed by atoms with Crippen molar-refractivity contribution in [2.45, 2.75) is 11.8 Å². The van der Waals surface area contributed by atoms with Gasteiger partial charge in [0.15, 0.2) is 5.75 Å². The van der Waals surface area contributed by atoms with Crippen LogP contribution in [0.4, 0.5) is 11.4 Å². The molecule has 0 saturated carbocycles. The molecule has 8 nitrogen and oxygen atoms in total. The number of carbonyl (C=O) groups excluding carboxylic acids is 1. The highest BCUT2D eigenvalue weighted by molar-refractivity contribution is 7.89. The lowest BCUT2D eigenvalue weighted by atomic mass is 10.3. The molecule has 30 heavy (non-hydrogen) atoms. The topological polar surface area (TPSA) is 97.0 Å². The average molecular weight is 454 g/mol. The lowest BCUT2D eigenvalue weighted by Gasteiger charge is -2.26. The van der Waals surface area contributed by atoms with Crippen LogP contribution in [0, 0.1) is 0 Å². The highest BCUT2D eigenvalue weighted by Crippen LogP contribution is 2.32. The molecule has 1 aliphatic heterocycles. The molecule has 0 unspecified atom stereocenters. The Morgan fingerprint density at radius 3 is 2.67 bits per heavy atom. The lowest BCUT2D eigenvalue weighted by Crippen LogP contribution is -2.40. The predicted octanol–water partition coefficient (Wildman–Crippen LogP) is 2.81. The second-order valence-corrected chi connectivity index (χ2v) is 8.84. The lowest BCUT2D eigenvalue weighted by molar-refractivity contribution is -0.114. The summed E-state index contributed by atoms with van der Waals surface area (Å²) < 4.78 is 37.7. The van der Waals surface area contributed by atoms with Crippen molar-refractivity contribution >= 4 is 38.9 Å². The van der Waals surface area contributed by atoms with Crippen LogP contribution in [0.3, 0.4) is 0 Å². The minimum absolute atomic E-state index is 0.0408. The molecule has 0 bridgehead atoms. The Balaban J connectivity index is 1.65. The molecule has 1 amide bonds. The first kappa shape index (κ1) is 22.4. The van der Waals surface area contributed by atoms with E-state index in [2.05, 4.69) is 10.6 Å². The third-order valence-electron chi connectivity index (χ3n) is 4.42. The first-order valence-corrected chi connectivity index (χ1v) is 11.4. The summed E-state index contributed by atoms with van der Waals surface area (Å²) in [4.78, 5) is 12.5. The van der Waals surface area contributed by atoms with Crippen LogP contribution in [-0.4, -0.2) is 58.1 Å². The maximum absolute atomic E-state index is 12.8. The molecule has 0 spiro atoms. The van der Waals surface area contributed by atoms with Gasteiger partial charge in [-0.25, -0.2) is 8.42 Å². The summed E-state index contributed by atoms with van der Waals surface area (Å²) in [7, 11) is -3.64. The predicted molar refractivity (Wildman–Crippen MR) is 116 cm³/mol. The number of hydrogen-bond donors (Lipinski definition) is 2. The van der Waals surface area contributed by atoms with Crippen LogP contribution in [0.1, 0.15) is 6.92 Å². The second kappa shape index (κ2) is 10.1. The average Bonchev–Trinajstić information content (AvgIpc) is 2.75. The Hall–Kier alpha value is -2.33. The zero-order chi connectivity index (χ0) is 21.6. The van der Waals surface area contributed by atoms with E-state index in [0.717, 1.165) is 0 Å². The van der Waals surface area contributed by atoms with E-state index in [4.69, 9.17) is 21.1 Å². The van der Waals surface area contributed by atoms with Gasteiger partial charge in [-0.15, -0.1) is 0 Å². The first-order chi connectivity index (χ1) is 14.4. The first-order valence-electron chi connectivity index (χ1n) is 9.55. The number of benzene rings is 2. The van der Waals surface area contributed by atoms with Crippen LogP contribution >= 0.6 is 11.6 Å². The second-order valence-electron chi connectivity index (χ2n) is 6.50. The van der Waals surface area contributed by atoms with Crippen LogP contribution in [0.2, 0.25) is 5.02 Å². The number of rotatable bonds is 8. The van der Waals surface area contributed by atoms with Crippen LogP contribution < -0.4 is 15.4 Å². The molecule has 3 rings (SSSR count). The van der Waals surface area contributed by atoms with Gasteiger partial charge in [0.1, 0.15) is 0 Å². The van der Waals surface area contributed by atoms with Crippen molar-refractivity contribution in [2.75, 3.05) is 50.1 Å². The number of anilines is 2. The summed E-state index contributed by atoms with van der Waals surface area (Å²) in [6.07, 6.45) is 0. The summed E-state index contributed by atoms with van der Waals surface area (Å²) in [5.41, 5.74) is 0.996. The van der Waals surface area contributed by atoms with Gasteiger partial charge in [0.25, 0.3) is 0 Å². The van der Waals surface area contributed by atoms with Gasteiger partial charge < -0.3 is 20.1 Å². The van der Waals surface area contributed by atoms with Gasteiger partial charge in [-0.2, -0.15) is 4.31 Å². The maximum atomic E-state index is 12.8. The van der Waals surface area contributed by atoms with E-state index in [0.29, 0.717) is 55.1 Å². The van der Waals surface area contributed by atoms with Crippen molar-refractivity contribution in [3.8, 4) is 5.75 Å². The third-order valence-corrected chi connectivity index (χ3v) is 6.61. The Labute approximate surface area is 181 Å². The summed E-state index contributed by atoms with van der Waals surface area (Å²) >= 11 is 6.14. The number of sulfonamides is 1. The Kier molecular flexibility index (Phi) is 7.54. The van der Waals surface area contributed by atoms with Crippen LogP contribution in [0.25, 0.3) is 0 Å². The minimum atomic E-state index is -3.64. The van der Waals surface area contributed by atoms with Crippen molar-refractivity contribution in [3.05, 3.63) is 47.5 Å². The Morgan fingerprint density at radius 2 is 1.93 bits per heavy atom. The van der Waals surface area contributed by atoms with Gasteiger partial charge in [-0.3, -0.25) is 4.79 Å². The zero-order valence-electron chi connectivity index (χ0n) is 16.6. The number of nitrogens with one attached hydrogen (secondary N) is 2. The third kappa shape index (κ3) is 5.42. The molecular weight excluding hydrogens is 430 g/mol. The number of halogens is 1. The normalized spacial score (nSPS) is 14.9. The number of morpholine rings is 1. The molecule has 1 fully saturated rings. The molecule has 1 aliphatic rings. The van der Waals surface area contributed by atoms with E-state index < -0.39 is 10.0 Å². The molecule has 1 heterocycles. The SMILES string of the molecule is CCOc1c(Cl)cccc1NCC(=O)Nc1cccc(S(=O)(=O)N2CCOCC2)c1. The molecule has 0 atom stereocenters. The van der Waals surface area contributed by atoms with Crippen LogP contribution in [0.5, 0.6) is 5.75 Å². The molecule has 0 radical (unpaired) electrons. The highest BCUT2D eigenvalue weighted by Gasteiger charge is 2.26. The van der Waals surface area contributed by atoms with E-state index in [1.165, 1.54) is 16.4 Å². The van der Waals surface area contributed by atoms with Gasteiger partial charge in [0.2, 0.25) is 15.9 Å². The molecule has 2 aromatic carbocycles. The Morgan fingerprint density at radius 1 is 1.20 bits per heavy atom. The monoisotopic (exact) mass is 453 g/mol. The van der Waals surface area contributed by atoms with Crippen molar-refractivity contribution in [1.29, 1.82) is 0 Å². The number of nitrogens with zero attached hydrogens (tertiary/aromatic N) is 1. The van der Waals surface area contributed by atoms with Crippen LogP contribution in [0.15, 0.2) is 47.4 Å². The largest absolute Gasteiger partial charge is 0.490 e. The molecule has 162 valence electrons. The molecular formula is C20H24ClN3O5S. The fourth-order valence-electron chi connectivity index (χ4n) is 2.99. The van der Waals surface area contributed by atoms with Gasteiger partial charge in [-0.1, -0.05) is 23.7 Å². The van der Waals surface area contributed by atoms with Gasteiger partial charge >= 0.3 is 0 Å². The van der Waals surface area contributed by atoms with Crippen molar-refractivity contribution < 1.29 is 22.7 Å². The van der Waals surface area contributed by atoms with Gasteiger partial charge in [0.05, 0.1) is 42.0 Å². The summed E-state index contributed by atoms with van der Waals surface area (Å²) in [6.45, 7) is 3.60. The number of para-hydroxylation sites is 1.